The highest BCUT2D eigenvalue weighted by Gasteiger charge is 2.42. The molecule has 1 aromatic carbocycles. The smallest absolute Gasteiger partial charge is 0.164 e. The van der Waals surface area contributed by atoms with Gasteiger partial charge in [0.15, 0.2) is 5.67 Å². The van der Waals surface area contributed by atoms with Crippen LogP contribution in [0, 0.1) is 5.82 Å². The first-order chi connectivity index (χ1) is 6.13. The van der Waals surface area contributed by atoms with Gasteiger partial charge in [-0.3, -0.25) is 0 Å². The summed E-state index contributed by atoms with van der Waals surface area (Å²) in [5.41, 5.74) is -1.64. The molecular formula is C9H8ClF2N. The van der Waals surface area contributed by atoms with Gasteiger partial charge < -0.3 is 5.32 Å². The first-order valence-corrected chi connectivity index (χ1v) is 4.35. The van der Waals surface area contributed by atoms with Crippen LogP contribution in [0.25, 0.3) is 0 Å². The fourth-order valence-electron chi connectivity index (χ4n) is 1.45. The third-order valence-electron chi connectivity index (χ3n) is 2.22. The van der Waals surface area contributed by atoms with Crippen molar-refractivity contribution in [3.8, 4) is 0 Å². The Morgan fingerprint density at radius 1 is 1.38 bits per heavy atom. The zero-order chi connectivity index (χ0) is 9.47. The lowest BCUT2D eigenvalue weighted by Crippen LogP contribution is -2.54. The highest BCUT2D eigenvalue weighted by atomic mass is 35.5. The maximum atomic E-state index is 13.8. The number of alkyl halides is 1. The van der Waals surface area contributed by atoms with Crippen LogP contribution in [0.2, 0.25) is 5.02 Å². The van der Waals surface area contributed by atoms with Crippen LogP contribution in [0.1, 0.15) is 5.56 Å². The molecule has 0 atom stereocenters. The van der Waals surface area contributed by atoms with E-state index in [1.54, 1.807) is 0 Å². The third kappa shape index (κ3) is 1.32. The van der Waals surface area contributed by atoms with Gasteiger partial charge >= 0.3 is 0 Å². The van der Waals surface area contributed by atoms with Gasteiger partial charge in [-0.1, -0.05) is 17.7 Å². The molecule has 1 saturated heterocycles. The SMILES string of the molecule is Fc1cccc(Cl)c1C1(F)CNC1. The van der Waals surface area contributed by atoms with E-state index in [0.29, 0.717) is 0 Å². The van der Waals surface area contributed by atoms with Gasteiger partial charge in [0.2, 0.25) is 0 Å². The van der Waals surface area contributed by atoms with Crippen LogP contribution in [0.3, 0.4) is 0 Å². The van der Waals surface area contributed by atoms with E-state index in [9.17, 15) is 8.78 Å². The van der Waals surface area contributed by atoms with Crippen molar-refractivity contribution in [2.75, 3.05) is 13.1 Å². The summed E-state index contributed by atoms with van der Waals surface area (Å²) in [6, 6.07) is 4.19. The monoisotopic (exact) mass is 203 g/mol. The molecular weight excluding hydrogens is 196 g/mol. The average molecular weight is 204 g/mol. The maximum Gasteiger partial charge on any atom is 0.164 e. The predicted molar refractivity (Wildman–Crippen MR) is 47.1 cm³/mol. The molecule has 0 unspecified atom stereocenters. The van der Waals surface area contributed by atoms with Crippen molar-refractivity contribution in [1.82, 2.24) is 5.32 Å². The molecule has 13 heavy (non-hydrogen) atoms. The molecule has 0 spiro atoms. The van der Waals surface area contributed by atoms with E-state index in [0.717, 1.165) is 0 Å². The molecule has 1 aliphatic heterocycles. The zero-order valence-corrected chi connectivity index (χ0v) is 7.54. The fourth-order valence-corrected chi connectivity index (χ4v) is 1.78. The minimum atomic E-state index is -1.62. The van der Waals surface area contributed by atoms with Gasteiger partial charge in [-0.25, -0.2) is 8.78 Å². The van der Waals surface area contributed by atoms with Crippen LogP contribution < -0.4 is 5.32 Å². The number of rotatable bonds is 1. The van der Waals surface area contributed by atoms with Gasteiger partial charge in [0.1, 0.15) is 5.82 Å². The first-order valence-electron chi connectivity index (χ1n) is 3.98. The van der Waals surface area contributed by atoms with Crippen molar-refractivity contribution in [2.24, 2.45) is 0 Å². The average Bonchev–Trinajstić information content (AvgIpc) is 2.01. The second-order valence-corrected chi connectivity index (χ2v) is 3.57. The zero-order valence-electron chi connectivity index (χ0n) is 6.78. The first kappa shape index (κ1) is 8.91. The lowest BCUT2D eigenvalue weighted by atomic mass is 9.90. The number of hydrogen-bond donors (Lipinski definition) is 1. The van der Waals surface area contributed by atoms with Gasteiger partial charge in [0, 0.05) is 18.7 Å². The van der Waals surface area contributed by atoms with E-state index < -0.39 is 11.5 Å². The quantitative estimate of drug-likeness (QED) is 0.738. The van der Waals surface area contributed by atoms with E-state index in [4.69, 9.17) is 11.6 Å². The molecule has 1 fully saturated rings. The molecule has 0 radical (unpaired) electrons. The molecule has 4 heteroatoms. The van der Waals surface area contributed by atoms with Crippen LogP contribution in [0.5, 0.6) is 0 Å². The summed E-state index contributed by atoms with van der Waals surface area (Å²) >= 11 is 5.72. The Morgan fingerprint density at radius 2 is 2.08 bits per heavy atom. The predicted octanol–water partition coefficient (Wildman–Crippen LogP) is 2.25. The Morgan fingerprint density at radius 3 is 2.54 bits per heavy atom. The van der Waals surface area contributed by atoms with Crippen molar-refractivity contribution in [2.45, 2.75) is 5.67 Å². The third-order valence-corrected chi connectivity index (χ3v) is 2.54. The number of benzene rings is 1. The van der Waals surface area contributed by atoms with E-state index in [-0.39, 0.29) is 23.7 Å². The van der Waals surface area contributed by atoms with Crippen LogP contribution in [-0.4, -0.2) is 13.1 Å². The van der Waals surface area contributed by atoms with E-state index in [2.05, 4.69) is 5.32 Å². The topological polar surface area (TPSA) is 12.0 Å². The van der Waals surface area contributed by atoms with Crippen LogP contribution in [0.15, 0.2) is 18.2 Å². The van der Waals surface area contributed by atoms with Crippen molar-refractivity contribution >= 4 is 11.6 Å². The minimum Gasteiger partial charge on any atom is -0.310 e. The van der Waals surface area contributed by atoms with Gasteiger partial charge in [-0.15, -0.1) is 0 Å². The van der Waals surface area contributed by atoms with E-state index in [1.165, 1.54) is 18.2 Å². The Bertz CT molecular complexity index is 316. The summed E-state index contributed by atoms with van der Waals surface area (Å²) in [4.78, 5) is 0. The Hall–Kier alpha value is -0.670. The second kappa shape index (κ2) is 2.93. The molecule has 0 amide bonds. The van der Waals surface area contributed by atoms with Crippen LogP contribution >= 0.6 is 11.6 Å². The Kier molecular flexibility index (Phi) is 2.00. The van der Waals surface area contributed by atoms with Gasteiger partial charge in [0.25, 0.3) is 0 Å². The second-order valence-electron chi connectivity index (χ2n) is 3.17. The van der Waals surface area contributed by atoms with Crippen molar-refractivity contribution in [1.29, 1.82) is 0 Å². The van der Waals surface area contributed by atoms with Gasteiger partial charge in [-0.05, 0) is 12.1 Å². The Labute approximate surface area is 79.7 Å². The lowest BCUT2D eigenvalue weighted by molar-refractivity contribution is 0.0848. The summed E-state index contributed by atoms with van der Waals surface area (Å²) in [5, 5.41) is 2.91. The van der Waals surface area contributed by atoms with Gasteiger partial charge in [-0.2, -0.15) is 0 Å². The van der Waals surface area contributed by atoms with E-state index >= 15 is 0 Å². The standard InChI is InChI=1S/C9H8ClF2N/c10-6-2-1-3-7(11)8(6)9(12)4-13-5-9/h1-3,13H,4-5H2. The minimum absolute atomic E-state index is 0.0181. The van der Waals surface area contributed by atoms with Crippen molar-refractivity contribution in [3.05, 3.63) is 34.6 Å². The molecule has 70 valence electrons. The van der Waals surface area contributed by atoms with Gasteiger partial charge in [0.05, 0.1) is 5.02 Å². The largest absolute Gasteiger partial charge is 0.310 e. The maximum absolute atomic E-state index is 13.8. The molecule has 0 aliphatic carbocycles. The summed E-state index contributed by atoms with van der Waals surface area (Å²) in [6.07, 6.45) is 0. The Balaban J connectivity index is 2.49. The molecule has 2 rings (SSSR count). The molecule has 0 aromatic heterocycles. The molecule has 1 nitrogen and oxygen atoms in total. The number of halogens is 3. The number of nitrogens with one attached hydrogen (secondary N) is 1. The fraction of sp³-hybridized carbons (Fsp3) is 0.333. The highest BCUT2D eigenvalue weighted by molar-refractivity contribution is 6.31. The lowest BCUT2D eigenvalue weighted by Gasteiger charge is -2.35. The molecule has 1 N–H and O–H groups in total. The summed E-state index contributed by atoms with van der Waals surface area (Å²) < 4.78 is 27.0. The molecule has 1 aliphatic rings. The molecule has 1 heterocycles. The van der Waals surface area contributed by atoms with Crippen molar-refractivity contribution < 1.29 is 8.78 Å². The summed E-state index contributed by atoms with van der Waals surface area (Å²) in [6.45, 7) is 0.265. The normalized spacial score (nSPS) is 19.6. The van der Waals surface area contributed by atoms with Crippen LogP contribution in [0.4, 0.5) is 8.78 Å². The molecule has 0 bridgehead atoms. The number of hydrogen-bond acceptors (Lipinski definition) is 1. The van der Waals surface area contributed by atoms with Crippen molar-refractivity contribution in [3.63, 3.8) is 0 Å². The molecule has 0 saturated carbocycles. The highest BCUT2D eigenvalue weighted by Crippen LogP contribution is 2.36. The summed E-state index contributed by atoms with van der Waals surface area (Å²) in [5.74, 6) is -0.573. The summed E-state index contributed by atoms with van der Waals surface area (Å²) in [7, 11) is 0. The molecule has 1 aromatic rings. The van der Waals surface area contributed by atoms with Crippen LogP contribution in [-0.2, 0) is 5.67 Å². The van der Waals surface area contributed by atoms with E-state index in [1.807, 2.05) is 0 Å².